The van der Waals surface area contributed by atoms with E-state index in [2.05, 4.69) is 17.7 Å². The molecule has 0 aromatic carbocycles. The molecule has 0 aliphatic rings. The number of carbonyl (C=O) groups excluding carboxylic acids is 1. The minimum Gasteiger partial charge on any atom is -0.431 e. The number of rotatable bonds is 11. The highest BCUT2D eigenvalue weighted by molar-refractivity contribution is 5.78. The van der Waals surface area contributed by atoms with E-state index in [1.165, 1.54) is 12.5 Å². The van der Waals surface area contributed by atoms with Crippen molar-refractivity contribution in [2.45, 2.75) is 70.3 Å². The largest absolute Gasteiger partial charge is 0.465 e. The number of aliphatic hydroxyl groups excluding tert-OH is 1. The van der Waals surface area contributed by atoms with Crippen molar-refractivity contribution in [2.75, 3.05) is 0 Å². The topological polar surface area (TPSA) is 46.5 Å². The Morgan fingerprint density at radius 3 is 2.08 bits per heavy atom. The molecular formula is C16H23F5O3. The molecule has 0 rings (SSSR count). The van der Waals surface area contributed by atoms with E-state index in [0.29, 0.717) is 6.42 Å². The number of aliphatic hydroxyl groups is 1. The molecule has 0 heterocycles. The summed E-state index contributed by atoms with van der Waals surface area (Å²) in [5.74, 6) is -8.45. The van der Waals surface area contributed by atoms with Crippen molar-refractivity contribution in [3.63, 3.8) is 0 Å². The molecule has 24 heavy (non-hydrogen) atoms. The molecule has 0 aromatic heterocycles. The molecule has 0 aliphatic heterocycles. The van der Waals surface area contributed by atoms with Crippen LogP contribution in [0.1, 0.15) is 51.9 Å². The van der Waals surface area contributed by atoms with Gasteiger partial charge in [0.05, 0.1) is 0 Å². The second-order valence-electron chi connectivity index (χ2n) is 5.18. The second kappa shape index (κ2) is 11.2. The lowest BCUT2D eigenvalue weighted by atomic mass is 10.2. The molecule has 0 saturated heterocycles. The number of carbonyl (C=O) groups is 1. The molecule has 0 amide bonds. The fraction of sp³-hybridized carbons (Fsp3) is 0.688. The van der Waals surface area contributed by atoms with Crippen molar-refractivity contribution in [1.82, 2.24) is 0 Å². The molecule has 0 spiro atoms. The third-order valence-electron chi connectivity index (χ3n) is 3.00. The third kappa shape index (κ3) is 9.00. The number of hydrogen-bond donors (Lipinski definition) is 1. The lowest BCUT2D eigenvalue weighted by Gasteiger charge is -2.19. The van der Waals surface area contributed by atoms with Gasteiger partial charge in [0.15, 0.2) is 0 Å². The van der Waals surface area contributed by atoms with Gasteiger partial charge in [0.1, 0.15) is 0 Å². The first kappa shape index (κ1) is 22.6. The lowest BCUT2D eigenvalue weighted by Crippen LogP contribution is -2.46. The van der Waals surface area contributed by atoms with Crippen LogP contribution in [0.3, 0.4) is 0 Å². The average molecular weight is 358 g/mol. The van der Waals surface area contributed by atoms with Crippen molar-refractivity contribution in [2.24, 2.45) is 0 Å². The van der Waals surface area contributed by atoms with Gasteiger partial charge in [-0.1, -0.05) is 44.1 Å². The Labute approximate surface area is 138 Å². The molecule has 3 nitrogen and oxygen atoms in total. The number of allylic oxidation sites excluding steroid dienone is 3. The van der Waals surface area contributed by atoms with Crippen LogP contribution in [0.25, 0.3) is 0 Å². The van der Waals surface area contributed by atoms with Gasteiger partial charge in [-0.15, -0.1) is 0 Å². The van der Waals surface area contributed by atoms with Crippen LogP contribution in [0.15, 0.2) is 24.3 Å². The molecular weight excluding hydrogens is 335 g/mol. The maximum atomic E-state index is 12.6. The predicted molar refractivity (Wildman–Crippen MR) is 79.4 cm³/mol. The SMILES string of the molecule is CCCCC/C=C/CC/C=C/CC(O)OC(=O)C(F)(F)C(F)(F)F. The fourth-order valence-electron chi connectivity index (χ4n) is 1.63. The Kier molecular flexibility index (Phi) is 10.5. The van der Waals surface area contributed by atoms with Gasteiger partial charge in [-0.2, -0.15) is 22.0 Å². The van der Waals surface area contributed by atoms with E-state index in [1.54, 1.807) is 6.08 Å². The molecule has 0 aromatic rings. The third-order valence-corrected chi connectivity index (χ3v) is 3.00. The van der Waals surface area contributed by atoms with E-state index in [9.17, 15) is 26.7 Å². The summed E-state index contributed by atoms with van der Waals surface area (Å²) in [6.45, 7) is 2.12. The van der Waals surface area contributed by atoms with Gasteiger partial charge in [-0.05, 0) is 25.7 Å². The molecule has 1 N–H and O–H groups in total. The predicted octanol–water partition coefficient (Wildman–Crippen LogP) is 4.91. The Morgan fingerprint density at radius 1 is 1.00 bits per heavy atom. The molecule has 0 aliphatic carbocycles. The van der Waals surface area contributed by atoms with Crippen LogP contribution in [0.4, 0.5) is 22.0 Å². The highest BCUT2D eigenvalue weighted by Gasteiger charge is 2.65. The number of halogens is 5. The molecule has 140 valence electrons. The van der Waals surface area contributed by atoms with Crippen molar-refractivity contribution in [3.8, 4) is 0 Å². The van der Waals surface area contributed by atoms with Gasteiger partial charge in [-0.25, -0.2) is 4.79 Å². The molecule has 0 fully saturated rings. The van der Waals surface area contributed by atoms with E-state index in [4.69, 9.17) is 5.11 Å². The van der Waals surface area contributed by atoms with Crippen LogP contribution in [-0.4, -0.2) is 29.5 Å². The normalized spacial score (nSPS) is 14.5. The van der Waals surface area contributed by atoms with Gasteiger partial charge in [-0.3, -0.25) is 0 Å². The van der Waals surface area contributed by atoms with Crippen LogP contribution in [0, 0.1) is 0 Å². The first-order chi connectivity index (χ1) is 11.1. The van der Waals surface area contributed by atoms with E-state index in [0.717, 1.165) is 25.7 Å². The Balaban J connectivity index is 3.97. The van der Waals surface area contributed by atoms with Crippen LogP contribution in [0.5, 0.6) is 0 Å². The maximum Gasteiger partial charge on any atom is 0.465 e. The lowest BCUT2D eigenvalue weighted by molar-refractivity contribution is -0.286. The number of unbranched alkanes of at least 4 members (excludes halogenated alkanes) is 4. The van der Waals surface area contributed by atoms with E-state index < -0.39 is 24.4 Å². The van der Waals surface area contributed by atoms with Crippen LogP contribution < -0.4 is 0 Å². The van der Waals surface area contributed by atoms with Gasteiger partial charge >= 0.3 is 18.1 Å². The van der Waals surface area contributed by atoms with Crippen LogP contribution >= 0.6 is 0 Å². The highest BCUT2D eigenvalue weighted by atomic mass is 19.4. The Bertz CT molecular complexity index is 416. The summed E-state index contributed by atoms with van der Waals surface area (Å²) in [4.78, 5) is 10.7. The van der Waals surface area contributed by atoms with Crippen molar-refractivity contribution < 1.29 is 36.6 Å². The van der Waals surface area contributed by atoms with Crippen LogP contribution in [0.2, 0.25) is 0 Å². The summed E-state index contributed by atoms with van der Waals surface area (Å²) in [5, 5.41) is 9.16. The van der Waals surface area contributed by atoms with Crippen LogP contribution in [-0.2, 0) is 9.53 Å². The van der Waals surface area contributed by atoms with E-state index >= 15 is 0 Å². The molecule has 0 saturated carbocycles. The summed E-state index contributed by atoms with van der Waals surface area (Å²) < 4.78 is 64.6. The van der Waals surface area contributed by atoms with Gasteiger partial charge in [0, 0.05) is 6.42 Å². The van der Waals surface area contributed by atoms with Crippen molar-refractivity contribution >= 4 is 5.97 Å². The molecule has 8 heteroatoms. The van der Waals surface area contributed by atoms with Gasteiger partial charge in [0.2, 0.25) is 6.29 Å². The minimum atomic E-state index is -6.05. The zero-order chi connectivity index (χ0) is 18.6. The standard InChI is InChI=1S/C16H23F5O3/c1-2-3-4-5-6-7-8-9-10-11-12-13(22)24-14(23)15(17,18)16(19,20)21/h6-7,10-11,13,22H,2-5,8-9,12H2,1H3/b7-6+,11-10+. The molecule has 1 unspecified atom stereocenters. The zero-order valence-corrected chi connectivity index (χ0v) is 13.5. The molecule has 0 radical (unpaired) electrons. The molecule has 0 bridgehead atoms. The number of alkyl halides is 5. The summed E-state index contributed by atoms with van der Waals surface area (Å²) >= 11 is 0. The van der Waals surface area contributed by atoms with E-state index in [-0.39, 0.29) is 6.42 Å². The maximum absolute atomic E-state index is 12.6. The highest BCUT2D eigenvalue weighted by Crippen LogP contribution is 2.36. The number of esters is 1. The molecule has 1 atom stereocenters. The number of hydrogen-bond acceptors (Lipinski definition) is 3. The Hall–Kier alpha value is -1.44. The first-order valence-corrected chi connectivity index (χ1v) is 7.76. The average Bonchev–Trinajstić information content (AvgIpc) is 2.47. The second-order valence-corrected chi connectivity index (χ2v) is 5.18. The smallest absolute Gasteiger partial charge is 0.431 e. The fourth-order valence-corrected chi connectivity index (χ4v) is 1.63. The van der Waals surface area contributed by atoms with Gasteiger partial charge < -0.3 is 9.84 Å². The van der Waals surface area contributed by atoms with Gasteiger partial charge in [0.25, 0.3) is 0 Å². The zero-order valence-electron chi connectivity index (χ0n) is 13.5. The monoisotopic (exact) mass is 358 g/mol. The van der Waals surface area contributed by atoms with E-state index in [1.807, 2.05) is 6.08 Å². The van der Waals surface area contributed by atoms with Crippen molar-refractivity contribution in [3.05, 3.63) is 24.3 Å². The first-order valence-electron chi connectivity index (χ1n) is 7.76. The Morgan fingerprint density at radius 2 is 1.54 bits per heavy atom. The summed E-state index contributed by atoms with van der Waals surface area (Å²) in [6.07, 6.45) is 4.36. The summed E-state index contributed by atoms with van der Waals surface area (Å²) in [5.41, 5.74) is 0. The minimum absolute atomic E-state index is 0.361. The number of ether oxygens (including phenoxy) is 1. The summed E-state index contributed by atoms with van der Waals surface area (Å²) in [6, 6.07) is 0. The summed E-state index contributed by atoms with van der Waals surface area (Å²) in [7, 11) is 0. The van der Waals surface area contributed by atoms with Crippen molar-refractivity contribution in [1.29, 1.82) is 0 Å². The quantitative estimate of drug-likeness (QED) is 0.188.